The van der Waals surface area contributed by atoms with Gasteiger partial charge in [-0.15, -0.1) is 11.8 Å². The number of halogens is 3. The molecule has 0 bridgehead atoms. The zero-order valence-electron chi connectivity index (χ0n) is 11.4. The normalized spacial score (nSPS) is 10.3. The van der Waals surface area contributed by atoms with Crippen LogP contribution in [0.4, 0.5) is 14.5 Å². The average Bonchev–Trinajstić information content (AvgIpc) is 2.44. The number of hydrogen-bond acceptors (Lipinski definition) is 2. The van der Waals surface area contributed by atoms with E-state index in [0.29, 0.717) is 16.7 Å². The minimum atomic E-state index is -0.649. The van der Waals surface area contributed by atoms with Gasteiger partial charge in [-0.05, 0) is 48.6 Å². The predicted octanol–water partition coefficient (Wildman–Crippen LogP) is 4.70. The van der Waals surface area contributed by atoms with Gasteiger partial charge in [0.2, 0.25) is 0 Å². The van der Waals surface area contributed by atoms with Gasteiger partial charge in [0, 0.05) is 34.0 Å². The maximum absolute atomic E-state index is 13.0. The van der Waals surface area contributed by atoms with Crippen LogP contribution >= 0.6 is 35.6 Å². The fraction of sp³-hybridized carbons (Fsp3) is 0.133. The number of anilines is 1. The van der Waals surface area contributed by atoms with Gasteiger partial charge < -0.3 is 10.6 Å². The fourth-order valence-corrected chi connectivity index (χ4v) is 2.78. The summed E-state index contributed by atoms with van der Waals surface area (Å²) in [6.45, 7) is 0.622. The summed E-state index contributed by atoms with van der Waals surface area (Å²) in [6.07, 6.45) is 0. The second-order valence-electron chi connectivity index (χ2n) is 4.34. The van der Waals surface area contributed by atoms with Crippen molar-refractivity contribution in [2.24, 2.45) is 0 Å². The molecule has 0 saturated carbocycles. The summed E-state index contributed by atoms with van der Waals surface area (Å²) in [5, 5.41) is 6.75. The maximum atomic E-state index is 13.0. The van der Waals surface area contributed by atoms with E-state index < -0.39 is 11.6 Å². The Labute approximate surface area is 142 Å². The Morgan fingerprint density at radius 1 is 1.09 bits per heavy atom. The van der Waals surface area contributed by atoms with Gasteiger partial charge in [0.05, 0.1) is 0 Å². The Balaban J connectivity index is 1.72. The molecule has 116 valence electrons. The smallest absolute Gasteiger partial charge is 0.170 e. The summed E-state index contributed by atoms with van der Waals surface area (Å²) in [5.74, 6) is -0.506. The summed E-state index contributed by atoms with van der Waals surface area (Å²) in [5.41, 5.74) is 0.278. The summed E-state index contributed by atoms with van der Waals surface area (Å²) >= 11 is 12.5. The lowest BCUT2D eigenvalue weighted by Gasteiger charge is -2.10. The lowest BCUT2D eigenvalue weighted by atomic mass is 10.3. The van der Waals surface area contributed by atoms with E-state index in [1.807, 2.05) is 24.3 Å². The molecule has 0 aliphatic carbocycles. The largest absolute Gasteiger partial charge is 0.362 e. The number of thioether (sulfide) groups is 1. The van der Waals surface area contributed by atoms with E-state index in [4.69, 9.17) is 23.8 Å². The van der Waals surface area contributed by atoms with Gasteiger partial charge in [-0.2, -0.15) is 0 Å². The second kappa shape index (κ2) is 8.31. The lowest BCUT2D eigenvalue weighted by Crippen LogP contribution is -2.30. The van der Waals surface area contributed by atoms with Crippen molar-refractivity contribution in [2.75, 3.05) is 17.6 Å². The third kappa shape index (κ3) is 5.79. The van der Waals surface area contributed by atoms with Crippen LogP contribution in [0.25, 0.3) is 0 Å². The molecule has 0 aromatic heterocycles. The van der Waals surface area contributed by atoms with E-state index in [9.17, 15) is 8.78 Å². The van der Waals surface area contributed by atoms with Gasteiger partial charge in [-0.3, -0.25) is 0 Å². The molecule has 22 heavy (non-hydrogen) atoms. The van der Waals surface area contributed by atoms with Crippen molar-refractivity contribution >= 4 is 46.4 Å². The van der Waals surface area contributed by atoms with Gasteiger partial charge in [0.1, 0.15) is 11.6 Å². The third-order valence-corrected chi connectivity index (χ3v) is 4.10. The highest BCUT2D eigenvalue weighted by Gasteiger charge is 2.02. The predicted molar refractivity (Wildman–Crippen MR) is 92.8 cm³/mol. The summed E-state index contributed by atoms with van der Waals surface area (Å²) in [7, 11) is 0. The van der Waals surface area contributed by atoms with Crippen molar-refractivity contribution in [3.05, 3.63) is 59.1 Å². The molecular weight excluding hydrogens is 346 g/mol. The molecular formula is C15H13ClF2N2S2. The number of thiocarbonyl (C=S) groups is 1. The topological polar surface area (TPSA) is 24.1 Å². The third-order valence-electron chi connectivity index (χ3n) is 2.59. The van der Waals surface area contributed by atoms with Crippen molar-refractivity contribution in [2.45, 2.75) is 4.90 Å². The quantitative estimate of drug-likeness (QED) is 0.459. The van der Waals surface area contributed by atoms with Gasteiger partial charge in [0.15, 0.2) is 5.11 Å². The second-order valence-corrected chi connectivity index (χ2v) is 6.35. The SMILES string of the molecule is Fc1cc(F)cc(NC(=S)NCCSc2ccc(Cl)cc2)c1. The summed E-state index contributed by atoms with van der Waals surface area (Å²) in [6, 6.07) is 10.7. The highest BCUT2D eigenvalue weighted by atomic mass is 35.5. The Hall–Kier alpha value is -1.37. The van der Waals surface area contributed by atoms with Crippen molar-refractivity contribution in [3.8, 4) is 0 Å². The van der Waals surface area contributed by atoms with Crippen LogP contribution in [0.15, 0.2) is 47.4 Å². The average molecular weight is 359 g/mol. The minimum Gasteiger partial charge on any atom is -0.362 e. The van der Waals surface area contributed by atoms with E-state index in [1.165, 1.54) is 12.1 Å². The minimum absolute atomic E-state index is 0.278. The van der Waals surface area contributed by atoms with Crippen LogP contribution in [0.3, 0.4) is 0 Å². The van der Waals surface area contributed by atoms with Crippen LogP contribution < -0.4 is 10.6 Å². The molecule has 0 fully saturated rings. The molecule has 0 spiro atoms. The first-order chi connectivity index (χ1) is 10.5. The van der Waals surface area contributed by atoms with Crippen molar-refractivity contribution in [3.63, 3.8) is 0 Å². The molecule has 0 radical (unpaired) electrons. The Bertz CT molecular complexity index is 630. The molecule has 2 rings (SSSR count). The van der Waals surface area contributed by atoms with E-state index >= 15 is 0 Å². The zero-order chi connectivity index (χ0) is 15.9. The first-order valence-corrected chi connectivity index (χ1v) is 8.19. The van der Waals surface area contributed by atoms with Crippen LogP contribution in [-0.4, -0.2) is 17.4 Å². The fourth-order valence-electron chi connectivity index (χ4n) is 1.67. The standard InChI is InChI=1S/C15H13ClF2N2S2/c16-10-1-3-14(4-2-10)22-6-5-19-15(21)20-13-8-11(17)7-12(18)9-13/h1-4,7-9H,5-6H2,(H2,19,20,21). The number of benzene rings is 2. The first-order valence-electron chi connectivity index (χ1n) is 6.42. The molecule has 2 aromatic rings. The van der Waals surface area contributed by atoms with E-state index in [-0.39, 0.29) is 5.69 Å². The van der Waals surface area contributed by atoms with E-state index in [0.717, 1.165) is 16.7 Å². The molecule has 0 atom stereocenters. The molecule has 0 aliphatic rings. The molecule has 0 unspecified atom stereocenters. The molecule has 0 heterocycles. The number of hydrogen-bond donors (Lipinski definition) is 2. The molecule has 2 aromatic carbocycles. The lowest BCUT2D eigenvalue weighted by molar-refractivity contribution is 0.584. The van der Waals surface area contributed by atoms with Crippen LogP contribution in [0, 0.1) is 11.6 Å². The molecule has 2 nitrogen and oxygen atoms in total. The molecule has 0 aliphatic heterocycles. The molecule has 7 heteroatoms. The van der Waals surface area contributed by atoms with Crippen molar-refractivity contribution < 1.29 is 8.78 Å². The molecule has 2 N–H and O–H groups in total. The van der Waals surface area contributed by atoms with Gasteiger partial charge in [-0.1, -0.05) is 11.6 Å². The van der Waals surface area contributed by atoms with Gasteiger partial charge >= 0.3 is 0 Å². The van der Waals surface area contributed by atoms with Crippen molar-refractivity contribution in [1.29, 1.82) is 0 Å². The Kier molecular flexibility index (Phi) is 6.42. The monoisotopic (exact) mass is 358 g/mol. The molecule has 0 saturated heterocycles. The van der Waals surface area contributed by atoms with Crippen LogP contribution in [0.2, 0.25) is 5.02 Å². The zero-order valence-corrected chi connectivity index (χ0v) is 13.8. The van der Waals surface area contributed by atoms with Gasteiger partial charge in [-0.25, -0.2) is 8.78 Å². The first kappa shape index (κ1) is 17.0. The molecule has 0 amide bonds. The summed E-state index contributed by atoms with van der Waals surface area (Å²) < 4.78 is 26.1. The van der Waals surface area contributed by atoms with E-state index in [2.05, 4.69) is 10.6 Å². The van der Waals surface area contributed by atoms with Crippen LogP contribution in [0.5, 0.6) is 0 Å². The van der Waals surface area contributed by atoms with Crippen LogP contribution in [0.1, 0.15) is 0 Å². The van der Waals surface area contributed by atoms with Gasteiger partial charge in [0.25, 0.3) is 0 Å². The highest BCUT2D eigenvalue weighted by molar-refractivity contribution is 7.99. The highest BCUT2D eigenvalue weighted by Crippen LogP contribution is 2.19. The van der Waals surface area contributed by atoms with Crippen LogP contribution in [-0.2, 0) is 0 Å². The Morgan fingerprint density at radius 2 is 1.73 bits per heavy atom. The van der Waals surface area contributed by atoms with E-state index in [1.54, 1.807) is 11.8 Å². The van der Waals surface area contributed by atoms with Crippen molar-refractivity contribution in [1.82, 2.24) is 5.32 Å². The Morgan fingerprint density at radius 3 is 2.36 bits per heavy atom. The number of rotatable bonds is 5. The summed E-state index contributed by atoms with van der Waals surface area (Å²) in [4.78, 5) is 1.11. The number of nitrogens with one attached hydrogen (secondary N) is 2. The maximum Gasteiger partial charge on any atom is 0.170 e.